The molecule has 1 atom stereocenters. The van der Waals surface area contributed by atoms with Crippen LogP contribution in [-0.4, -0.2) is 16.9 Å². The molecule has 2 aromatic carbocycles. The van der Waals surface area contributed by atoms with E-state index in [2.05, 4.69) is 15.6 Å². The molecule has 2 aliphatic rings. The minimum Gasteiger partial charge on any atom is -0.357 e. The summed E-state index contributed by atoms with van der Waals surface area (Å²) in [5, 5.41) is 7.92. The lowest BCUT2D eigenvalue weighted by Crippen LogP contribution is -2.36. The van der Waals surface area contributed by atoms with Crippen molar-refractivity contribution in [3.63, 3.8) is 0 Å². The summed E-state index contributed by atoms with van der Waals surface area (Å²) in [7, 11) is 0. The lowest BCUT2D eigenvalue weighted by atomic mass is 9.89. The molecule has 156 valence electrons. The number of aromatic amines is 1. The minimum absolute atomic E-state index is 0.0606. The molecule has 0 saturated heterocycles. The molecule has 0 aliphatic heterocycles. The molecule has 2 aliphatic carbocycles. The lowest BCUT2D eigenvalue weighted by molar-refractivity contribution is 0.102. The fourth-order valence-corrected chi connectivity index (χ4v) is 5.10. The number of hydrogen-bond acceptors (Lipinski definition) is 2. The SMILES string of the molecule is O=C(Nc1ccc2[nH]c3c(c2c1)CCCC3NC1CCCCC1)c1ccccc1F. The Morgan fingerprint density at radius 3 is 2.67 bits per heavy atom. The van der Waals surface area contributed by atoms with Crippen LogP contribution in [0.25, 0.3) is 10.9 Å². The number of hydrogen-bond donors (Lipinski definition) is 3. The van der Waals surface area contributed by atoms with Gasteiger partial charge in [-0.2, -0.15) is 0 Å². The number of nitrogens with one attached hydrogen (secondary N) is 3. The quantitative estimate of drug-likeness (QED) is 0.509. The van der Waals surface area contributed by atoms with Crippen LogP contribution >= 0.6 is 0 Å². The van der Waals surface area contributed by atoms with Gasteiger partial charge in [0.25, 0.3) is 5.91 Å². The van der Waals surface area contributed by atoms with Gasteiger partial charge in [-0.15, -0.1) is 0 Å². The predicted molar refractivity (Wildman–Crippen MR) is 118 cm³/mol. The van der Waals surface area contributed by atoms with Crippen LogP contribution in [-0.2, 0) is 6.42 Å². The van der Waals surface area contributed by atoms with Crippen molar-refractivity contribution in [2.24, 2.45) is 0 Å². The molecule has 1 aromatic heterocycles. The fraction of sp³-hybridized carbons (Fsp3) is 0.400. The van der Waals surface area contributed by atoms with Crippen LogP contribution in [0.5, 0.6) is 0 Å². The molecule has 1 saturated carbocycles. The highest BCUT2D eigenvalue weighted by atomic mass is 19.1. The van der Waals surface area contributed by atoms with Crippen molar-refractivity contribution < 1.29 is 9.18 Å². The largest absolute Gasteiger partial charge is 0.357 e. The molecule has 4 nitrogen and oxygen atoms in total. The van der Waals surface area contributed by atoms with E-state index in [-0.39, 0.29) is 5.56 Å². The van der Waals surface area contributed by atoms with E-state index in [1.807, 2.05) is 18.2 Å². The summed E-state index contributed by atoms with van der Waals surface area (Å²) in [6, 6.07) is 13.0. The first-order valence-electron chi connectivity index (χ1n) is 11.2. The van der Waals surface area contributed by atoms with E-state index in [4.69, 9.17) is 0 Å². The topological polar surface area (TPSA) is 56.9 Å². The van der Waals surface area contributed by atoms with Crippen LogP contribution in [0.15, 0.2) is 42.5 Å². The fourth-order valence-electron chi connectivity index (χ4n) is 5.10. The maximum absolute atomic E-state index is 13.9. The van der Waals surface area contributed by atoms with Gasteiger partial charge in [-0.05, 0) is 68.0 Å². The van der Waals surface area contributed by atoms with Gasteiger partial charge in [-0.25, -0.2) is 4.39 Å². The third-order valence-electron chi connectivity index (χ3n) is 6.63. The smallest absolute Gasteiger partial charge is 0.258 e. The monoisotopic (exact) mass is 405 g/mol. The van der Waals surface area contributed by atoms with Gasteiger partial charge in [0.15, 0.2) is 0 Å². The summed E-state index contributed by atoms with van der Waals surface area (Å²) in [4.78, 5) is 16.1. The number of aromatic nitrogens is 1. The molecule has 3 N–H and O–H groups in total. The Morgan fingerprint density at radius 2 is 1.83 bits per heavy atom. The molecular weight excluding hydrogens is 377 g/mol. The Hall–Kier alpha value is -2.66. The zero-order valence-corrected chi connectivity index (χ0v) is 17.1. The highest BCUT2D eigenvalue weighted by Crippen LogP contribution is 2.37. The molecule has 5 heteroatoms. The number of carbonyl (C=O) groups is 1. The number of benzene rings is 2. The Balaban J connectivity index is 1.40. The zero-order valence-electron chi connectivity index (χ0n) is 17.1. The summed E-state index contributed by atoms with van der Waals surface area (Å²) in [6.07, 6.45) is 9.94. The molecule has 1 heterocycles. The van der Waals surface area contributed by atoms with Gasteiger partial charge in [-0.3, -0.25) is 4.79 Å². The molecule has 1 fully saturated rings. The molecule has 5 rings (SSSR count). The van der Waals surface area contributed by atoms with E-state index in [1.54, 1.807) is 12.1 Å². The maximum atomic E-state index is 13.9. The second kappa shape index (κ2) is 8.23. The van der Waals surface area contributed by atoms with Gasteiger partial charge in [0.1, 0.15) is 5.82 Å². The van der Waals surface area contributed by atoms with E-state index in [1.165, 1.54) is 55.5 Å². The second-order valence-corrected chi connectivity index (χ2v) is 8.66. The maximum Gasteiger partial charge on any atom is 0.258 e. The first kappa shape index (κ1) is 19.3. The van der Waals surface area contributed by atoms with Gasteiger partial charge < -0.3 is 15.6 Å². The van der Waals surface area contributed by atoms with Crippen molar-refractivity contribution >= 4 is 22.5 Å². The second-order valence-electron chi connectivity index (χ2n) is 8.66. The molecule has 1 unspecified atom stereocenters. The van der Waals surface area contributed by atoms with Crippen molar-refractivity contribution in [1.29, 1.82) is 0 Å². The number of amides is 1. The number of aryl methyl sites for hydroxylation is 1. The number of H-pyrrole nitrogens is 1. The summed E-state index contributed by atoms with van der Waals surface area (Å²) in [5.74, 6) is -0.930. The normalized spacial score (nSPS) is 19.6. The van der Waals surface area contributed by atoms with Crippen LogP contribution < -0.4 is 10.6 Å². The van der Waals surface area contributed by atoms with E-state index < -0.39 is 11.7 Å². The number of anilines is 1. The molecule has 0 spiro atoms. The van der Waals surface area contributed by atoms with E-state index in [0.29, 0.717) is 17.8 Å². The van der Waals surface area contributed by atoms with Crippen molar-refractivity contribution in [2.45, 2.75) is 63.5 Å². The molecule has 0 radical (unpaired) electrons. The van der Waals surface area contributed by atoms with Gasteiger partial charge in [0.2, 0.25) is 0 Å². The van der Waals surface area contributed by atoms with Crippen LogP contribution in [0.4, 0.5) is 10.1 Å². The summed E-state index contributed by atoms with van der Waals surface area (Å²) < 4.78 is 13.9. The van der Waals surface area contributed by atoms with Crippen LogP contribution in [0, 0.1) is 5.82 Å². The van der Waals surface area contributed by atoms with Gasteiger partial charge in [0, 0.05) is 34.4 Å². The van der Waals surface area contributed by atoms with Crippen LogP contribution in [0.2, 0.25) is 0 Å². The Morgan fingerprint density at radius 1 is 1.00 bits per heavy atom. The van der Waals surface area contributed by atoms with E-state index in [0.717, 1.165) is 30.2 Å². The number of halogens is 1. The predicted octanol–water partition coefficient (Wildman–Crippen LogP) is 5.86. The van der Waals surface area contributed by atoms with Crippen molar-refractivity contribution in [1.82, 2.24) is 10.3 Å². The van der Waals surface area contributed by atoms with Crippen molar-refractivity contribution in [3.05, 3.63) is 65.1 Å². The Kier molecular flexibility index (Phi) is 5.30. The molecule has 3 aromatic rings. The van der Waals surface area contributed by atoms with E-state index in [9.17, 15) is 9.18 Å². The van der Waals surface area contributed by atoms with Gasteiger partial charge in [-0.1, -0.05) is 31.4 Å². The number of rotatable bonds is 4. The minimum atomic E-state index is -0.508. The van der Waals surface area contributed by atoms with Gasteiger partial charge in [0.05, 0.1) is 5.56 Å². The molecule has 30 heavy (non-hydrogen) atoms. The van der Waals surface area contributed by atoms with Crippen LogP contribution in [0.3, 0.4) is 0 Å². The Labute approximate surface area is 176 Å². The molecular formula is C25H28FN3O. The summed E-state index contributed by atoms with van der Waals surface area (Å²) in [6.45, 7) is 0. The molecule has 0 bridgehead atoms. The summed E-state index contributed by atoms with van der Waals surface area (Å²) in [5.41, 5.74) is 4.51. The van der Waals surface area contributed by atoms with Gasteiger partial charge >= 0.3 is 0 Å². The standard InChI is InChI=1S/C25H28FN3O/c26-21-11-5-4-9-19(21)25(30)28-17-13-14-22-20(15-17)18-10-6-12-23(24(18)29-22)27-16-7-2-1-3-8-16/h4-5,9,11,13-16,23,27,29H,1-3,6-8,10,12H2,(H,28,30). The zero-order chi connectivity index (χ0) is 20.5. The highest BCUT2D eigenvalue weighted by molar-refractivity contribution is 6.05. The summed E-state index contributed by atoms with van der Waals surface area (Å²) >= 11 is 0. The first-order chi connectivity index (χ1) is 14.7. The third-order valence-corrected chi connectivity index (χ3v) is 6.63. The highest BCUT2D eigenvalue weighted by Gasteiger charge is 2.27. The van der Waals surface area contributed by atoms with E-state index >= 15 is 0 Å². The first-order valence-corrected chi connectivity index (χ1v) is 11.2. The lowest BCUT2D eigenvalue weighted by Gasteiger charge is -2.31. The van der Waals surface area contributed by atoms with Crippen molar-refractivity contribution in [3.8, 4) is 0 Å². The van der Waals surface area contributed by atoms with Crippen molar-refractivity contribution in [2.75, 3.05) is 5.32 Å². The third kappa shape index (κ3) is 3.74. The van der Waals surface area contributed by atoms with Crippen LogP contribution in [0.1, 0.15) is 72.6 Å². The number of fused-ring (bicyclic) bond motifs is 3. The Bertz CT molecular complexity index is 1070. The molecule has 1 amide bonds. The average molecular weight is 406 g/mol. The average Bonchev–Trinajstić information content (AvgIpc) is 3.14. The number of carbonyl (C=O) groups excluding carboxylic acids is 1.